The molecule has 0 aromatic rings. The molecular formula is C39H76N6O13. The number of aliphatic hydroxyl groups excluding tert-OH is 2. The van der Waals surface area contributed by atoms with E-state index in [1.54, 1.807) is 0 Å². The van der Waals surface area contributed by atoms with Crippen molar-refractivity contribution in [2.24, 2.45) is 5.92 Å². The van der Waals surface area contributed by atoms with Gasteiger partial charge in [-0.3, -0.25) is 10.2 Å². The first kappa shape index (κ1) is 48.3. The quantitative estimate of drug-likeness (QED) is 0.294. The molecule has 10 fully saturated rings. The summed E-state index contributed by atoms with van der Waals surface area (Å²) in [6.07, 6.45) is 1.51. The van der Waals surface area contributed by atoms with Crippen LogP contribution in [-0.2, 0) is 52.1 Å². The lowest BCUT2D eigenvalue weighted by atomic mass is 9.99. The number of aliphatic hydroxyl groups is 2. The summed E-state index contributed by atoms with van der Waals surface area (Å²) in [6.45, 7) is 31.5. The van der Waals surface area contributed by atoms with E-state index in [0.29, 0.717) is 78.8 Å². The van der Waals surface area contributed by atoms with Crippen molar-refractivity contribution in [1.29, 1.82) is 0 Å². The fourth-order valence-electron chi connectivity index (χ4n) is 8.11. The largest absolute Gasteiger partial charge is 0.394 e. The molecule has 10 saturated heterocycles. The van der Waals surface area contributed by atoms with E-state index in [9.17, 15) is 0 Å². The summed E-state index contributed by atoms with van der Waals surface area (Å²) >= 11 is 0. The standard InChI is InChI=1S/C8H17NO.C7H13NO4.C7H13NO2.C6H11NO3.C6H11NO2.C5H11NO/c1-4-9-5-6-10-8(9)7(2)3;9-6-12-3-7-1-10-4-8(7)5-11-2-7;1-2-7-3-9-5-8(7)6-10-4-7;8-1-6-2-9-4-7(6)5-10-3-6;1-6-2-8-4-7(6)5-9-3-6;1-5(2)3-7-4-6-5/h7-8H,4-6H2,1-3H3;9H,1-6H2;2-6H2,1H3;8H,1-5H2;2-5H2,1H3;6H,3-4H2,1-2H3. The maximum Gasteiger partial charge on any atom is 0.143 e. The second kappa shape index (κ2) is 22.5. The molecule has 10 aliphatic rings. The molecule has 0 spiro atoms. The smallest absolute Gasteiger partial charge is 0.143 e. The molecule has 58 heavy (non-hydrogen) atoms. The molecule has 19 heteroatoms. The Kier molecular flexibility index (Phi) is 18.8. The van der Waals surface area contributed by atoms with Gasteiger partial charge in [0.25, 0.3) is 0 Å². The zero-order chi connectivity index (χ0) is 41.7. The summed E-state index contributed by atoms with van der Waals surface area (Å²) in [5, 5.41) is 20.7. The molecule has 0 saturated carbocycles. The van der Waals surface area contributed by atoms with Crippen LogP contribution in [-0.4, -0.2) is 228 Å². The van der Waals surface area contributed by atoms with Crippen molar-refractivity contribution in [3.8, 4) is 0 Å². The Labute approximate surface area is 346 Å². The molecule has 0 aromatic heterocycles. The molecule has 10 rings (SSSR count). The Balaban J connectivity index is 0.000000133. The normalized spacial score (nSPS) is 29.8. The zero-order valence-electron chi connectivity index (χ0n) is 36.5. The second-order valence-corrected chi connectivity index (χ2v) is 17.8. The third-order valence-electron chi connectivity index (χ3n) is 12.3. The van der Waals surface area contributed by atoms with Gasteiger partial charge in [-0.1, -0.05) is 27.7 Å². The van der Waals surface area contributed by atoms with Gasteiger partial charge < -0.3 is 62.3 Å². The first-order valence-electron chi connectivity index (χ1n) is 21.0. The molecule has 340 valence electrons. The SMILES string of the molecule is CC1(C)COCN1.CC12COCN1COC2.CCC12COCN1COC2.CCN1CCOC1C(C)C.OCC12COCN1COC2.OCOCC12COCN1COC2. The van der Waals surface area contributed by atoms with Crippen LogP contribution >= 0.6 is 0 Å². The van der Waals surface area contributed by atoms with Crippen molar-refractivity contribution in [2.45, 2.75) is 88.8 Å². The first-order valence-corrected chi connectivity index (χ1v) is 21.0. The van der Waals surface area contributed by atoms with Crippen LogP contribution in [0.3, 0.4) is 0 Å². The van der Waals surface area contributed by atoms with Gasteiger partial charge in [-0.15, -0.1) is 0 Å². The van der Waals surface area contributed by atoms with E-state index in [0.717, 1.165) is 86.1 Å². The van der Waals surface area contributed by atoms with Gasteiger partial charge in [-0.2, -0.15) is 0 Å². The van der Waals surface area contributed by atoms with Crippen LogP contribution in [0.2, 0.25) is 0 Å². The predicted octanol–water partition coefficient (Wildman–Crippen LogP) is 0.0619. The van der Waals surface area contributed by atoms with Crippen molar-refractivity contribution in [3.05, 3.63) is 0 Å². The average molecular weight is 837 g/mol. The zero-order valence-corrected chi connectivity index (χ0v) is 36.5. The lowest BCUT2D eigenvalue weighted by Gasteiger charge is -2.26. The van der Waals surface area contributed by atoms with Gasteiger partial charge in [-0.05, 0) is 39.7 Å². The Bertz CT molecular complexity index is 1110. The number of rotatable bonds is 7. The molecular weight excluding hydrogens is 760 g/mol. The van der Waals surface area contributed by atoms with E-state index < -0.39 is 0 Å². The van der Waals surface area contributed by atoms with Crippen LogP contribution in [0.1, 0.15) is 54.9 Å². The van der Waals surface area contributed by atoms with E-state index in [1.807, 2.05) is 4.90 Å². The number of ether oxygens (including phenoxy) is 11. The van der Waals surface area contributed by atoms with E-state index in [2.05, 4.69) is 73.4 Å². The second-order valence-electron chi connectivity index (χ2n) is 17.8. The van der Waals surface area contributed by atoms with E-state index in [1.165, 1.54) is 0 Å². The number of hydrogen-bond acceptors (Lipinski definition) is 19. The van der Waals surface area contributed by atoms with Gasteiger partial charge in [0.1, 0.15) is 66.9 Å². The highest BCUT2D eigenvalue weighted by molar-refractivity contribution is 4.97. The number of nitrogens with one attached hydrogen (secondary N) is 1. The maximum atomic E-state index is 9.03. The maximum absolute atomic E-state index is 9.03. The lowest BCUT2D eigenvalue weighted by molar-refractivity contribution is -0.0402. The Morgan fingerprint density at radius 3 is 1.43 bits per heavy atom. The molecule has 0 aliphatic carbocycles. The minimum Gasteiger partial charge on any atom is -0.394 e. The number of fused-ring (bicyclic) bond motifs is 4. The summed E-state index contributed by atoms with van der Waals surface area (Å²) < 4.78 is 57.8. The summed E-state index contributed by atoms with van der Waals surface area (Å²) in [4.78, 5) is 11.0. The third kappa shape index (κ3) is 12.2. The summed E-state index contributed by atoms with van der Waals surface area (Å²) in [5.74, 6) is 0.627. The summed E-state index contributed by atoms with van der Waals surface area (Å²) in [5.41, 5.74) is 0.308. The predicted molar refractivity (Wildman–Crippen MR) is 211 cm³/mol. The number of nitrogens with zero attached hydrogens (tertiary/aromatic N) is 5. The van der Waals surface area contributed by atoms with Crippen LogP contribution in [0.5, 0.6) is 0 Å². The van der Waals surface area contributed by atoms with Crippen LogP contribution in [0, 0.1) is 5.92 Å². The minimum absolute atomic E-state index is 0.132. The van der Waals surface area contributed by atoms with Crippen LogP contribution in [0.15, 0.2) is 0 Å². The first-order chi connectivity index (χ1) is 27.9. The lowest BCUT2D eigenvalue weighted by Crippen LogP contribution is -2.47. The molecule has 0 amide bonds. The Hall–Kier alpha value is -0.760. The van der Waals surface area contributed by atoms with Gasteiger partial charge in [0.05, 0.1) is 108 Å². The van der Waals surface area contributed by atoms with Crippen LogP contribution < -0.4 is 5.32 Å². The van der Waals surface area contributed by atoms with E-state index in [4.69, 9.17) is 62.3 Å². The monoisotopic (exact) mass is 837 g/mol. The number of hydrogen-bond donors (Lipinski definition) is 3. The molecule has 10 aliphatic heterocycles. The summed E-state index contributed by atoms with van der Waals surface area (Å²) in [6, 6.07) is 0. The molecule has 1 unspecified atom stereocenters. The van der Waals surface area contributed by atoms with Gasteiger partial charge in [0.2, 0.25) is 0 Å². The van der Waals surface area contributed by atoms with Crippen molar-refractivity contribution in [2.75, 3.05) is 160 Å². The topological polar surface area (TPSA) is 170 Å². The van der Waals surface area contributed by atoms with Crippen molar-refractivity contribution >= 4 is 0 Å². The van der Waals surface area contributed by atoms with E-state index in [-0.39, 0.29) is 41.1 Å². The molecule has 3 N–H and O–H groups in total. The highest BCUT2D eigenvalue weighted by atomic mass is 16.6. The van der Waals surface area contributed by atoms with Gasteiger partial charge in [0.15, 0.2) is 0 Å². The fourth-order valence-corrected chi connectivity index (χ4v) is 8.11. The number of likely N-dealkylation sites (N-methyl/N-ethyl adjacent to an activating group) is 1. The molecule has 0 aromatic carbocycles. The molecule has 0 radical (unpaired) electrons. The third-order valence-corrected chi connectivity index (χ3v) is 12.3. The Morgan fingerprint density at radius 2 is 1.09 bits per heavy atom. The molecule has 1 atom stereocenters. The van der Waals surface area contributed by atoms with Crippen molar-refractivity contribution in [1.82, 2.24) is 29.8 Å². The minimum atomic E-state index is -0.240. The van der Waals surface area contributed by atoms with Gasteiger partial charge >= 0.3 is 0 Å². The van der Waals surface area contributed by atoms with Crippen LogP contribution in [0.25, 0.3) is 0 Å². The molecule has 19 nitrogen and oxygen atoms in total. The van der Waals surface area contributed by atoms with Crippen molar-refractivity contribution < 1.29 is 62.3 Å². The van der Waals surface area contributed by atoms with Gasteiger partial charge in [-0.25, -0.2) is 19.6 Å². The summed E-state index contributed by atoms with van der Waals surface area (Å²) in [7, 11) is 0. The molecule has 10 heterocycles. The van der Waals surface area contributed by atoms with Crippen LogP contribution in [0.4, 0.5) is 0 Å². The highest BCUT2D eigenvalue weighted by Gasteiger charge is 2.48. The highest BCUT2D eigenvalue weighted by Crippen LogP contribution is 2.31. The van der Waals surface area contributed by atoms with E-state index >= 15 is 0 Å². The average Bonchev–Trinajstić information content (AvgIpc) is 4.04. The van der Waals surface area contributed by atoms with Crippen molar-refractivity contribution in [3.63, 3.8) is 0 Å². The fraction of sp³-hybridized carbons (Fsp3) is 1.00. The molecule has 0 bridgehead atoms. The van der Waals surface area contributed by atoms with Gasteiger partial charge in [0, 0.05) is 12.1 Å². The Morgan fingerprint density at radius 1 is 0.621 bits per heavy atom.